The van der Waals surface area contributed by atoms with Crippen molar-refractivity contribution in [3.63, 3.8) is 0 Å². The van der Waals surface area contributed by atoms with Crippen molar-refractivity contribution in [3.05, 3.63) is 37.1 Å². The van der Waals surface area contributed by atoms with Gasteiger partial charge in [-0.05, 0) is 12.1 Å². The summed E-state index contributed by atoms with van der Waals surface area (Å²) in [5, 5.41) is 2.71. The van der Waals surface area contributed by atoms with Crippen molar-refractivity contribution in [1.82, 2.24) is 14.5 Å². The van der Waals surface area contributed by atoms with E-state index in [1.807, 2.05) is 0 Å². The molecule has 2 heterocycles. The molecule has 6 nitrogen and oxygen atoms in total. The molecule has 2 aromatic heterocycles. The second kappa shape index (κ2) is 5.22. The van der Waals surface area contributed by atoms with Crippen LogP contribution in [0.2, 0.25) is 0 Å². The Kier molecular flexibility index (Phi) is 3.46. The summed E-state index contributed by atoms with van der Waals surface area (Å²) in [5.74, 6) is 0.643. The van der Waals surface area contributed by atoms with Crippen molar-refractivity contribution in [2.45, 2.75) is 6.42 Å². The molecule has 0 aliphatic rings. The Morgan fingerprint density at radius 1 is 1.47 bits per heavy atom. The van der Waals surface area contributed by atoms with E-state index in [0.29, 0.717) is 18.7 Å². The summed E-state index contributed by atoms with van der Waals surface area (Å²) < 4.78 is 1.78. The van der Waals surface area contributed by atoms with Crippen LogP contribution in [0.4, 0.5) is 5.69 Å². The standard InChI is InChI=1S/C11H13N5O/c12-4-3-11(17)15-9-1-2-10(14-7-9)16-6-5-13-8-16/h1-2,5-8H,3-4,12H2,(H,15,17). The number of imidazole rings is 1. The second-order valence-corrected chi connectivity index (χ2v) is 3.46. The SMILES string of the molecule is NCCC(=O)Nc1ccc(-n2ccnc2)nc1. The van der Waals surface area contributed by atoms with Gasteiger partial charge in [-0.2, -0.15) is 0 Å². The van der Waals surface area contributed by atoms with Gasteiger partial charge >= 0.3 is 0 Å². The maximum Gasteiger partial charge on any atom is 0.225 e. The molecular weight excluding hydrogens is 218 g/mol. The molecule has 0 spiro atoms. The summed E-state index contributed by atoms with van der Waals surface area (Å²) in [6, 6.07) is 3.59. The van der Waals surface area contributed by atoms with Gasteiger partial charge in [-0.25, -0.2) is 9.97 Å². The normalized spacial score (nSPS) is 10.2. The van der Waals surface area contributed by atoms with E-state index in [1.165, 1.54) is 0 Å². The smallest absolute Gasteiger partial charge is 0.225 e. The first-order valence-corrected chi connectivity index (χ1v) is 5.24. The van der Waals surface area contributed by atoms with Gasteiger partial charge in [0, 0.05) is 25.4 Å². The number of hydrogen-bond acceptors (Lipinski definition) is 4. The molecule has 2 aromatic rings. The number of aromatic nitrogens is 3. The van der Waals surface area contributed by atoms with Crippen molar-refractivity contribution in [2.24, 2.45) is 5.73 Å². The Hall–Kier alpha value is -2.21. The molecule has 0 unspecified atom stereocenters. The largest absolute Gasteiger partial charge is 0.330 e. The minimum atomic E-state index is -0.107. The fraction of sp³-hybridized carbons (Fsp3) is 0.182. The predicted molar refractivity (Wildman–Crippen MR) is 63.7 cm³/mol. The highest BCUT2D eigenvalue weighted by atomic mass is 16.1. The summed E-state index contributed by atoms with van der Waals surface area (Å²) in [6.07, 6.45) is 7.05. The van der Waals surface area contributed by atoms with Gasteiger partial charge in [0.2, 0.25) is 5.91 Å². The van der Waals surface area contributed by atoms with Crippen LogP contribution >= 0.6 is 0 Å². The molecule has 1 amide bonds. The number of hydrogen-bond donors (Lipinski definition) is 2. The van der Waals surface area contributed by atoms with Crippen LogP contribution < -0.4 is 11.1 Å². The number of anilines is 1. The highest BCUT2D eigenvalue weighted by molar-refractivity contribution is 5.90. The molecule has 17 heavy (non-hydrogen) atoms. The van der Waals surface area contributed by atoms with Gasteiger partial charge in [0.1, 0.15) is 12.1 Å². The van der Waals surface area contributed by atoms with E-state index in [1.54, 1.807) is 41.6 Å². The third-order valence-electron chi connectivity index (χ3n) is 2.17. The van der Waals surface area contributed by atoms with Gasteiger partial charge < -0.3 is 11.1 Å². The number of nitrogens with zero attached hydrogens (tertiary/aromatic N) is 3. The van der Waals surface area contributed by atoms with Gasteiger partial charge in [-0.1, -0.05) is 0 Å². The number of carbonyl (C=O) groups excluding carboxylic acids is 1. The number of carbonyl (C=O) groups is 1. The maximum absolute atomic E-state index is 11.3. The summed E-state index contributed by atoms with van der Waals surface area (Å²) in [7, 11) is 0. The van der Waals surface area contributed by atoms with Crippen LogP contribution in [0.1, 0.15) is 6.42 Å². The molecule has 88 valence electrons. The minimum absolute atomic E-state index is 0.107. The van der Waals surface area contributed by atoms with Crippen LogP contribution in [0.15, 0.2) is 37.1 Å². The zero-order chi connectivity index (χ0) is 12.1. The minimum Gasteiger partial charge on any atom is -0.330 e. The van der Waals surface area contributed by atoms with Crippen molar-refractivity contribution < 1.29 is 4.79 Å². The van der Waals surface area contributed by atoms with E-state index in [2.05, 4.69) is 15.3 Å². The lowest BCUT2D eigenvalue weighted by Gasteiger charge is -2.05. The van der Waals surface area contributed by atoms with Gasteiger partial charge in [-0.3, -0.25) is 9.36 Å². The van der Waals surface area contributed by atoms with Crippen LogP contribution in [0, 0.1) is 0 Å². The summed E-state index contributed by atoms with van der Waals surface area (Å²) in [5.41, 5.74) is 5.94. The molecule has 0 aromatic carbocycles. The van der Waals surface area contributed by atoms with Crippen LogP contribution in [0.3, 0.4) is 0 Å². The lowest BCUT2D eigenvalue weighted by Crippen LogP contribution is -2.16. The number of nitrogens with one attached hydrogen (secondary N) is 1. The highest BCUT2D eigenvalue weighted by Gasteiger charge is 2.02. The molecule has 0 radical (unpaired) electrons. The summed E-state index contributed by atoms with van der Waals surface area (Å²) >= 11 is 0. The van der Waals surface area contributed by atoms with Crippen molar-refractivity contribution in [2.75, 3.05) is 11.9 Å². The molecule has 0 saturated carbocycles. The van der Waals surface area contributed by atoms with E-state index in [0.717, 1.165) is 5.82 Å². The number of pyridine rings is 1. The van der Waals surface area contributed by atoms with Gasteiger partial charge in [-0.15, -0.1) is 0 Å². The molecule has 2 rings (SSSR count). The number of rotatable bonds is 4. The molecule has 6 heteroatoms. The molecule has 0 fully saturated rings. The van der Waals surface area contributed by atoms with E-state index in [-0.39, 0.29) is 5.91 Å². The van der Waals surface area contributed by atoms with Gasteiger partial charge in [0.05, 0.1) is 11.9 Å². The molecule has 0 saturated heterocycles. The van der Waals surface area contributed by atoms with E-state index in [9.17, 15) is 4.79 Å². The third kappa shape index (κ3) is 2.88. The third-order valence-corrected chi connectivity index (χ3v) is 2.17. The Balaban J connectivity index is 2.06. The second-order valence-electron chi connectivity index (χ2n) is 3.46. The molecule has 3 N–H and O–H groups in total. The fourth-order valence-electron chi connectivity index (χ4n) is 1.36. The average Bonchev–Trinajstić information content (AvgIpc) is 2.84. The van der Waals surface area contributed by atoms with Crippen LogP contribution in [0.25, 0.3) is 5.82 Å². The number of nitrogens with two attached hydrogens (primary N) is 1. The Labute approximate surface area is 98.5 Å². The van der Waals surface area contributed by atoms with Crippen molar-refractivity contribution in [1.29, 1.82) is 0 Å². The Bertz CT molecular complexity index is 477. The van der Waals surface area contributed by atoms with E-state index >= 15 is 0 Å². The molecule has 0 atom stereocenters. The van der Waals surface area contributed by atoms with E-state index < -0.39 is 0 Å². The molecule has 0 aliphatic heterocycles. The van der Waals surface area contributed by atoms with Gasteiger partial charge in [0.25, 0.3) is 0 Å². The first kappa shape index (κ1) is 11.3. The summed E-state index contributed by atoms with van der Waals surface area (Å²) in [4.78, 5) is 19.4. The zero-order valence-electron chi connectivity index (χ0n) is 9.21. The average molecular weight is 231 g/mol. The maximum atomic E-state index is 11.3. The number of amides is 1. The summed E-state index contributed by atoms with van der Waals surface area (Å²) in [6.45, 7) is 0.340. The van der Waals surface area contributed by atoms with Crippen LogP contribution in [-0.4, -0.2) is 27.0 Å². The van der Waals surface area contributed by atoms with E-state index in [4.69, 9.17) is 5.73 Å². The molecule has 0 bridgehead atoms. The first-order chi connectivity index (χ1) is 8.29. The Morgan fingerprint density at radius 2 is 2.35 bits per heavy atom. The predicted octanol–water partition coefficient (Wildman–Crippen LogP) is 0.555. The van der Waals surface area contributed by atoms with Crippen LogP contribution in [-0.2, 0) is 4.79 Å². The lowest BCUT2D eigenvalue weighted by molar-refractivity contribution is -0.116. The van der Waals surface area contributed by atoms with Crippen LogP contribution in [0.5, 0.6) is 0 Å². The topological polar surface area (TPSA) is 85.8 Å². The zero-order valence-corrected chi connectivity index (χ0v) is 9.21. The first-order valence-electron chi connectivity index (χ1n) is 5.24. The Morgan fingerprint density at radius 3 is 2.94 bits per heavy atom. The monoisotopic (exact) mass is 231 g/mol. The van der Waals surface area contributed by atoms with Crippen molar-refractivity contribution in [3.8, 4) is 5.82 Å². The lowest BCUT2D eigenvalue weighted by atomic mass is 10.3. The fourth-order valence-corrected chi connectivity index (χ4v) is 1.36. The molecular formula is C11H13N5O. The molecule has 0 aliphatic carbocycles. The van der Waals surface area contributed by atoms with Gasteiger partial charge in [0.15, 0.2) is 0 Å². The van der Waals surface area contributed by atoms with Crippen molar-refractivity contribution >= 4 is 11.6 Å². The highest BCUT2D eigenvalue weighted by Crippen LogP contribution is 2.09. The quantitative estimate of drug-likeness (QED) is 0.804.